The number of hydrogen-bond acceptors (Lipinski definition) is 12. The molecule has 6 rings (SSSR count). The van der Waals surface area contributed by atoms with Crippen LogP contribution in [-0.2, 0) is 80.5 Å². The summed E-state index contributed by atoms with van der Waals surface area (Å²) in [5.74, 6) is -0.754. The molecule has 0 aliphatic carbocycles. The minimum Gasteiger partial charge on any atom is -0.463 e. The van der Waals surface area contributed by atoms with Crippen molar-refractivity contribution in [3.63, 3.8) is 0 Å². The van der Waals surface area contributed by atoms with Gasteiger partial charge in [-0.3, -0.25) is 4.79 Å². The van der Waals surface area contributed by atoms with Gasteiger partial charge in [-0.05, 0) is 40.3 Å². The van der Waals surface area contributed by atoms with Gasteiger partial charge in [0.15, 0.2) is 6.29 Å². The average Bonchev–Trinajstić information content (AvgIpc) is 3.34. The number of nitrogens with zero attached hydrogens (tertiary/aromatic N) is 3. The lowest BCUT2D eigenvalue weighted by atomic mass is 9.96. The molecule has 0 radical (unpaired) electrons. The van der Waals surface area contributed by atoms with E-state index in [1.54, 1.807) is 0 Å². The Morgan fingerprint density at radius 3 is 1.62 bits per heavy atom. The van der Waals surface area contributed by atoms with Crippen LogP contribution in [-0.4, -0.2) is 85.6 Å². The number of rotatable bonds is 27. The van der Waals surface area contributed by atoms with Gasteiger partial charge >= 0.3 is 5.97 Å². The molecule has 1 aliphatic rings. The van der Waals surface area contributed by atoms with Gasteiger partial charge in [0.25, 0.3) is 0 Å². The summed E-state index contributed by atoms with van der Waals surface area (Å²) in [6, 6.07) is 46.6. The first-order valence-electron chi connectivity index (χ1n) is 21.7. The van der Waals surface area contributed by atoms with Crippen molar-refractivity contribution in [1.29, 1.82) is 0 Å². The molecule has 14 nitrogen and oxygen atoms in total. The van der Waals surface area contributed by atoms with Gasteiger partial charge in [-0.1, -0.05) is 157 Å². The van der Waals surface area contributed by atoms with Crippen molar-refractivity contribution in [3.8, 4) is 0 Å². The normalized spacial score (nSPS) is 19.6. The molecule has 5 aromatic carbocycles. The predicted octanol–water partition coefficient (Wildman–Crippen LogP) is 8.24. The van der Waals surface area contributed by atoms with E-state index in [1.165, 1.54) is 6.92 Å². The summed E-state index contributed by atoms with van der Waals surface area (Å²) >= 11 is 0. The Kier molecular flexibility index (Phi) is 20.1. The van der Waals surface area contributed by atoms with Crippen molar-refractivity contribution >= 4 is 11.8 Å². The van der Waals surface area contributed by atoms with E-state index in [4.69, 9.17) is 37.9 Å². The van der Waals surface area contributed by atoms with E-state index in [2.05, 4.69) is 10.0 Å². The zero-order chi connectivity index (χ0) is 45.5. The van der Waals surface area contributed by atoms with Crippen molar-refractivity contribution in [2.24, 2.45) is 5.11 Å². The molecule has 1 fully saturated rings. The van der Waals surface area contributed by atoms with Crippen LogP contribution in [0.3, 0.4) is 0 Å². The van der Waals surface area contributed by atoms with Gasteiger partial charge in [-0.25, -0.2) is 0 Å². The zero-order valence-electron chi connectivity index (χ0n) is 36.5. The third-order valence-corrected chi connectivity index (χ3v) is 10.7. The maximum absolute atomic E-state index is 12.9. The van der Waals surface area contributed by atoms with E-state index in [0.717, 1.165) is 27.8 Å². The standard InChI is InChI=1S/C51H57N3O11/c1-37(56)27-28-46(57)60-36-44(59-31-39-19-9-3-10-20-39)48(61-32-40-21-11-4-12-22-40)43(29-55)64-51-47(53-54-52)50(63-34-42-25-15-6-16-26-42)49(62-33-41-23-13-5-14-24-41)45(65-51)35-58-30-38-17-7-2-8-18-38/h2-26,43-45,47-51,55H,27-36H2,1H3/t43-,44+,45-,47-,48-,49-,50-,51-/m1/s1. The van der Waals surface area contributed by atoms with Gasteiger partial charge in [0, 0.05) is 11.3 Å². The quantitative estimate of drug-likeness (QED) is 0.0233. The molecule has 342 valence electrons. The molecular weight excluding hydrogens is 831 g/mol. The molecule has 1 aliphatic heterocycles. The molecule has 1 heterocycles. The van der Waals surface area contributed by atoms with Crippen LogP contribution in [0.25, 0.3) is 10.4 Å². The van der Waals surface area contributed by atoms with E-state index in [1.807, 2.05) is 152 Å². The molecular formula is C51H57N3O11. The molecule has 0 amide bonds. The van der Waals surface area contributed by atoms with Crippen LogP contribution >= 0.6 is 0 Å². The first-order chi connectivity index (χ1) is 31.9. The number of ether oxygens (including phenoxy) is 8. The highest BCUT2D eigenvalue weighted by atomic mass is 16.7. The van der Waals surface area contributed by atoms with Crippen molar-refractivity contribution in [3.05, 3.63) is 190 Å². The summed E-state index contributed by atoms with van der Waals surface area (Å²) in [7, 11) is 0. The van der Waals surface area contributed by atoms with Gasteiger partial charge in [-0.15, -0.1) is 0 Å². The number of esters is 1. The zero-order valence-corrected chi connectivity index (χ0v) is 36.5. The van der Waals surface area contributed by atoms with Crippen molar-refractivity contribution < 1.29 is 52.6 Å². The highest BCUT2D eigenvalue weighted by molar-refractivity contribution is 5.80. The largest absolute Gasteiger partial charge is 0.463 e. The number of carbonyl (C=O) groups is 2. The van der Waals surface area contributed by atoms with Crippen LogP contribution in [0, 0.1) is 0 Å². The number of benzene rings is 5. The third kappa shape index (κ3) is 16.0. The summed E-state index contributed by atoms with van der Waals surface area (Å²) in [4.78, 5) is 27.9. The molecule has 0 aromatic heterocycles. The van der Waals surface area contributed by atoms with E-state index < -0.39 is 61.5 Å². The third-order valence-electron chi connectivity index (χ3n) is 10.7. The van der Waals surface area contributed by atoms with Crippen LogP contribution in [0.15, 0.2) is 157 Å². The lowest BCUT2D eigenvalue weighted by Crippen LogP contribution is -2.62. The first kappa shape index (κ1) is 48.7. The Balaban J connectivity index is 1.34. The Labute approximate surface area is 379 Å². The number of aliphatic hydroxyl groups is 1. The highest BCUT2D eigenvalue weighted by Crippen LogP contribution is 2.33. The van der Waals surface area contributed by atoms with Crippen molar-refractivity contribution in [2.45, 2.75) is 102 Å². The van der Waals surface area contributed by atoms with Crippen LogP contribution in [0.5, 0.6) is 0 Å². The number of aliphatic hydroxyl groups excluding tert-OH is 1. The Hall–Kier alpha value is -5.77. The fourth-order valence-electron chi connectivity index (χ4n) is 7.27. The second-order valence-electron chi connectivity index (χ2n) is 15.6. The summed E-state index contributed by atoms with van der Waals surface area (Å²) in [5, 5.41) is 15.5. The van der Waals surface area contributed by atoms with E-state index in [-0.39, 0.29) is 64.9 Å². The lowest BCUT2D eigenvalue weighted by Gasteiger charge is -2.46. The molecule has 0 saturated carbocycles. The van der Waals surface area contributed by atoms with Crippen LogP contribution in [0.2, 0.25) is 0 Å². The summed E-state index contributed by atoms with van der Waals surface area (Å²) < 4.78 is 51.8. The average molecular weight is 888 g/mol. The minimum absolute atomic E-state index is 0.0182. The van der Waals surface area contributed by atoms with E-state index in [9.17, 15) is 20.2 Å². The van der Waals surface area contributed by atoms with Crippen molar-refractivity contribution in [1.82, 2.24) is 0 Å². The summed E-state index contributed by atoms with van der Waals surface area (Å²) in [6.07, 6.45) is -7.42. The topological polar surface area (TPSA) is 177 Å². The van der Waals surface area contributed by atoms with Gasteiger partial charge < -0.3 is 47.8 Å². The number of carbonyl (C=O) groups excluding carboxylic acids is 2. The Morgan fingerprint density at radius 1 is 0.646 bits per heavy atom. The maximum Gasteiger partial charge on any atom is 0.306 e. The number of Topliss-reactive ketones (excluding diaryl/α,β-unsaturated/α-hetero) is 1. The minimum atomic E-state index is -1.35. The smallest absolute Gasteiger partial charge is 0.306 e. The summed E-state index contributed by atoms with van der Waals surface area (Å²) in [5.41, 5.74) is 14.5. The van der Waals surface area contributed by atoms with Crippen LogP contribution in [0.4, 0.5) is 0 Å². The molecule has 8 atom stereocenters. The summed E-state index contributed by atoms with van der Waals surface area (Å²) in [6.45, 7) is 1.26. The number of hydrogen-bond donors (Lipinski definition) is 1. The van der Waals surface area contributed by atoms with E-state index in [0.29, 0.717) is 0 Å². The molecule has 1 N–H and O–H groups in total. The van der Waals surface area contributed by atoms with Crippen LogP contribution in [0.1, 0.15) is 47.6 Å². The van der Waals surface area contributed by atoms with Crippen molar-refractivity contribution in [2.75, 3.05) is 19.8 Å². The molecule has 0 spiro atoms. The highest BCUT2D eigenvalue weighted by Gasteiger charge is 2.50. The monoisotopic (exact) mass is 887 g/mol. The van der Waals surface area contributed by atoms with Gasteiger partial charge in [0.05, 0.1) is 52.7 Å². The molecule has 5 aromatic rings. The van der Waals surface area contributed by atoms with Gasteiger partial charge in [0.2, 0.25) is 0 Å². The SMILES string of the molecule is CC(=O)CCC(=O)OC[C@H](OCc1ccccc1)[C@H](OCc1ccccc1)[C@@H](CO)O[C@@H]1O[C@H](COCc2ccccc2)[C@@H](OCc2ccccc2)[C@H](OCc2ccccc2)[C@H]1N=[N+]=[N-]. The lowest BCUT2D eigenvalue weighted by molar-refractivity contribution is -0.310. The van der Waals surface area contributed by atoms with Gasteiger partial charge in [-0.2, -0.15) is 0 Å². The Morgan fingerprint density at radius 2 is 1.12 bits per heavy atom. The number of ketones is 1. The number of azide groups is 1. The molecule has 65 heavy (non-hydrogen) atoms. The second kappa shape index (κ2) is 26.9. The molecule has 0 unspecified atom stereocenters. The van der Waals surface area contributed by atoms with Crippen LogP contribution < -0.4 is 0 Å². The molecule has 14 heteroatoms. The fourth-order valence-corrected chi connectivity index (χ4v) is 7.27. The molecule has 1 saturated heterocycles. The second-order valence-corrected chi connectivity index (χ2v) is 15.6. The predicted molar refractivity (Wildman–Crippen MR) is 241 cm³/mol. The fraction of sp³-hybridized carbons (Fsp3) is 0.373. The maximum atomic E-state index is 12.9. The Bertz CT molecular complexity index is 2170. The van der Waals surface area contributed by atoms with E-state index >= 15 is 0 Å². The molecule has 0 bridgehead atoms. The van der Waals surface area contributed by atoms with Gasteiger partial charge in [0.1, 0.15) is 55.1 Å². The first-order valence-corrected chi connectivity index (χ1v) is 21.7.